The van der Waals surface area contributed by atoms with Gasteiger partial charge in [0.05, 0.1) is 23.0 Å². The Morgan fingerprint density at radius 2 is 1.80 bits per heavy atom. The van der Waals surface area contributed by atoms with Crippen LogP contribution in [-0.2, 0) is 27.4 Å². The number of anilines is 1. The lowest BCUT2D eigenvalue weighted by atomic mass is 10.1. The molecule has 0 N–H and O–H groups in total. The predicted octanol–water partition coefficient (Wildman–Crippen LogP) is 6.63. The van der Waals surface area contributed by atoms with Crippen LogP contribution in [0, 0.1) is 3.57 Å². The summed E-state index contributed by atoms with van der Waals surface area (Å²) in [7, 11) is 1.30. The number of benzene rings is 3. The first kappa shape index (κ1) is 29.8. The highest BCUT2D eigenvalue weighted by Gasteiger charge is 2.40. The molecule has 1 heterocycles. The van der Waals surface area contributed by atoms with Crippen molar-refractivity contribution in [2.24, 2.45) is 0 Å². The summed E-state index contributed by atoms with van der Waals surface area (Å²) >= 11 is 14.0. The van der Waals surface area contributed by atoms with Gasteiger partial charge >= 0.3 is 5.97 Å². The number of hydrogen-bond acceptors (Lipinski definition) is 6. The molecule has 1 saturated heterocycles. The molecule has 3 aromatic carbocycles. The summed E-state index contributed by atoms with van der Waals surface area (Å²) in [4.78, 5) is 28.9. The Kier molecular flexibility index (Phi) is 10.0. The third kappa shape index (κ3) is 6.76. The maximum atomic E-state index is 13.7. The second kappa shape index (κ2) is 13.5. The van der Waals surface area contributed by atoms with Crippen molar-refractivity contribution >= 4 is 75.2 Å². The standard InChI is InChI=1S/C30H28ClIN2O5S/c1-4-19-9-11-23(12-10-19)34-29(36)25(33(30(34)40)17-27(35)37-3)15-21-14-24(32)28(26(16-21)38-5-2)39-18-20-7-6-8-22(31)13-20/h6-16H,4-5,17-18H2,1-3H3/b25-15-. The van der Waals surface area contributed by atoms with Crippen molar-refractivity contribution in [2.45, 2.75) is 26.9 Å². The lowest BCUT2D eigenvalue weighted by Gasteiger charge is -2.19. The average Bonchev–Trinajstić information content (AvgIpc) is 3.16. The molecule has 7 nitrogen and oxygen atoms in total. The number of amides is 1. The summed E-state index contributed by atoms with van der Waals surface area (Å²) in [5.41, 5.74) is 3.62. The number of halogens is 2. The van der Waals surface area contributed by atoms with Gasteiger partial charge in [-0.25, -0.2) is 0 Å². The summed E-state index contributed by atoms with van der Waals surface area (Å²) < 4.78 is 17.7. The average molecular weight is 691 g/mol. The quantitative estimate of drug-likeness (QED) is 0.102. The number of ether oxygens (including phenoxy) is 3. The first-order chi connectivity index (χ1) is 19.2. The largest absolute Gasteiger partial charge is 0.490 e. The van der Waals surface area contributed by atoms with Gasteiger partial charge in [0.2, 0.25) is 0 Å². The zero-order valence-electron chi connectivity index (χ0n) is 22.3. The molecule has 40 heavy (non-hydrogen) atoms. The van der Waals surface area contributed by atoms with E-state index in [1.165, 1.54) is 16.9 Å². The minimum atomic E-state index is -0.515. The predicted molar refractivity (Wildman–Crippen MR) is 169 cm³/mol. The van der Waals surface area contributed by atoms with Crippen LogP contribution in [-0.4, -0.2) is 42.2 Å². The van der Waals surface area contributed by atoms with Gasteiger partial charge < -0.3 is 19.1 Å². The number of carbonyl (C=O) groups is 2. The summed E-state index contributed by atoms with van der Waals surface area (Å²) in [5.74, 6) is 0.260. The number of aryl methyl sites for hydroxylation is 1. The number of esters is 1. The van der Waals surface area contributed by atoms with Crippen LogP contribution < -0.4 is 14.4 Å². The number of thiocarbonyl (C=S) groups is 1. The Hall–Kier alpha value is -3.15. The number of rotatable bonds is 10. The maximum Gasteiger partial charge on any atom is 0.325 e. The monoisotopic (exact) mass is 690 g/mol. The molecule has 1 aliphatic rings. The van der Waals surface area contributed by atoms with E-state index >= 15 is 0 Å². The molecule has 0 bridgehead atoms. The van der Waals surface area contributed by atoms with E-state index in [9.17, 15) is 9.59 Å². The van der Waals surface area contributed by atoms with Crippen molar-refractivity contribution in [1.29, 1.82) is 0 Å². The zero-order valence-corrected chi connectivity index (χ0v) is 26.0. The van der Waals surface area contributed by atoms with Crippen molar-refractivity contribution in [3.8, 4) is 11.5 Å². The molecule has 0 spiro atoms. The first-order valence-corrected chi connectivity index (χ1v) is 14.5. The summed E-state index contributed by atoms with van der Waals surface area (Å²) in [6.07, 6.45) is 2.57. The molecule has 0 atom stereocenters. The van der Waals surface area contributed by atoms with Crippen LogP contribution in [0.4, 0.5) is 5.69 Å². The minimum Gasteiger partial charge on any atom is -0.490 e. The van der Waals surface area contributed by atoms with E-state index in [0.29, 0.717) is 41.0 Å². The van der Waals surface area contributed by atoms with Crippen LogP contribution in [0.3, 0.4) is 0 Å². The van der Waals surface area contributed by atoms with Crippen molar-refractivity contribution in [1.82, 2.24) is 4.90 Å². The zero-order chi connectivity index (χ0) is 28.8. The van der Waals surface area contributed by atoms with E-state index in [1.54, 1.807) is 12.1 Å². The van der Waals surface area contributed by atoms with E-state index in [1.807, 2.05) is 61.5 Å². The van der Waals surface area contributed by atoms with E-state index in [2.05, 4.69) is 29.5 Å². The molecule has 1 fully saturated rings. The molecule has 0 saturated carbocycles. The molecule has 0 radical (unpaired) electrons. The smallest absolute Gasteiger partial charge is 0.325 e. The fourth-order valence-electron chi connectivity index (χ4n) is 4.15. The topological polar surface area (TPSA) is 68.3 Å². The molecule has 3 aromatic rings. The van der Waals surface area contributed by atoms with Gasteiger partial charge in [-0.2, -0.15) is 0 Å². The van der Waals surface area contributed by atoms with Crippen molar-refractivity contribution in [3.05, 3.63) is 91.6 Å². The van der Waals surface area contributed by atoms with Gasteiger partial charge in [-0.1, -0.05) is 42.8 Å². The summed E-state index contributed by atoms with van der Waals surface area (Å²) in [6, 6.07) is 18.8. The molecule has 0 aromatic heterocycles. The molecular formula is C30H28ClIN2O5S. The third-order valence-corrected chi connectivity index (χ3v) is 7.60. The van der Waals surface area contributed by atoms with Crippen LogP contribution in [0.1, 0.15) is 30.5 Å². The molecule has 0 unspecified atom stereocenters. The Morgan fingerprint density at radius 1 is 1.05 bits per heavy atom. The van der Waals surface area contributed by atoms with Gasteiger partial charge in [0.1, 0.15) is 18.8 Å². The van der Waals surface area contributed by atoms with Gasteiger partial charge in [-0.15, -0.1) is 0 Å². The van der Waals surface area contributed by atoms with E-state index in [-0.39, 0.29) is 23.3 Å². The van der Waals surface area contributed by atoms with Gasteiger partial charge in [0.25, 0.3) is 5.91 Å². The van der Waals surface area contributed by atoms with E-state index in [4.69, 9.17) is 38.0 Å². The van der Waals surface area contributed by atoms with Gasteiger partial charge in [-0.3, -0.25) is 14.5 Å². The highest BCUT2D eigenvalue weighted by atomic mass is 127. The Balaban J connectivity index is 1.70. The lowest BCUT2D eigenvalue weighted by Crippen LogP contribution is -2.35. The van der Waals surface area contributed by atoms with Crippen LogP contribution in [0.25, 0.3) is 6.08 Å². The lowest BCUT2D eigenvalue weighted by molar-refractivity contribution is -0.140. The molecule has 1 aliphatic heterocycles. The van der Waals surface area contributed by atoms with Crippen molar-refractivity contribution < 1.29 is 23.8 Å². The minimum absolute atomic E-state index is 0.201. The van der Waals surface area contributed by atoms with Crippen LogP contribution >= 0.6 is 46.4 Å². The van der Waals surface area contributed by atoms with E-state index < -0.39 is 5.97 Å². The molecule has 0 aliphatic carbocycles. The van der Waals surface area contributed by atoms with Crippen LogP contribution in [0.15, 0.2) is 66.4 Å². The SMILES string of the molecule is CCOc1cc(/C=C2/C(=O)N(c3ccc(CC)cc3)C(=S)N2CC(=O)OC)cc(I)c1OCc1cccc(Cl)c1. The molecular weight excluding hydrogens is 663 g/mol. The third-order valence-electron chi connectivity index (χ3n) is 6.16. The summed E-state index contributed by atoms with van der Waals surface area (Å²) in [5, 5.41) is 0.834. The summed E-state index contributed by atoms with van der Waals surface area (Å²) in [6.45, 7) is 4.47. The fourth-order valence-corrected chi connectivity index (χ4v) is 5.49. The maximum absolute atomic E-state index is 13.7. The van der Waals surface area contributed by atoms with Gasteiger partial charge in [0.15, 0.2) is 16.6 Å². The number of hydrogen-bond donors (Lipinski definition) is 0. The van der Waals surface area contributed by atoms with Crippen molar-refractivity contribution in [2.75, 3.05) is 25.2 Å². The second-order valence-electron chi connectivity index (χ2n) is 8.82. The highest BCUT2D eigenvalue weighted by molar-refractivity contribution is 14.1. The highest BCUT2D eigenvalue weighted by Crippen LogP contribution is 2.37. The first-order valence-electron chi connectivity index (χ1n) is 12.6. The Morgan fingerprint density at radius 3 is 2.45 bits per heavy atom. The van der Waals surface area contributed by atoms with Gasteiger partial charge in [0, 0.05) is 5.02 Å². The molecule has 10 heteroatoms. The van der Waals surface area contributed by atoms with Crippen LogP contribution in [0.5, 0.6) is 11.5 Å². The number of carbonyl (C=O) groups excluding carboxylic acids is 2. The number of nitrogens with zero attached hydrogens (tertiary/aromatic N) is 2. The fraction of sp³-hybridized carbons (Fsp3) is 0.233. The molecule has 4 rings (SSSR count). The normalized spacial score (nSPS) is 14.2. The molecule has 1 amide bonds. The van der Waals surface area contributed by atoms with Crippen molar-refractivity contribution in [3.63, 3.8) is 0 Å². The van der Waals surface area contributed by atoms with E-state index in [0.717, 1.165) is 21.1 Å². The Bertz CT molecular complexity index is 1460. The Labute approximate surface area is 257 Å². The second-order valence-corrected chi connectivity index (χ2v) is 10.8. The van der Waals surface area contributed by atoms with Gasteiger partial charge in [-0.05, 0) is 107 Å². The number of methoxy groups -OCH3 is 1. The molecule has 208 valence electrons. The van der Waals surface area contributed by atoms with Crippen LogP contribution in [0.2, 0.25) is 5.02 Å².